The zero-order valence-corrected chi connectivity index (χ0v) is 15.2. The highest BCUT2D eigenvalue weighted by Gasteiger charge is 2.11. The summed E-state index contributed by atoms with van der Waals surface area (Å²) in [7, 11) is 0. The number of nitrogens with two attached hydrogens (primary N) is 1. The van der Waals surface area contributed by atoms with Gasteiger partial charge in [0.05, 0.1) is 29.8 Å². The van der Waals surface area contributed by atoms with Gasteiger partial charge in [-0.05, 0) is 36.8 Å². The predicted molar refractivity (Wildman–Crippen MR) is 104 cm³/mol. The van der Waals surface area contributed by atoms with E-state index in [0.717, 1.165) is 17.8 Å². The molecule has 0 aliphatic rings. The Morgan fingerprint density at radius 2 is 1.71 bits per heavy atom. The fourth-order valence-corrected chi connectivity index (χ4v) is 2.87. The molecule has 3 aromatic heterocycles. The molecule has 0 amide bonds. The third-order valence-electron chi connectivity index (χ3n) is 4.22. The lowest BCUT2D eigenvalue weighted by atomic mass is 10.1. The zero-order chi connectivity index (χ0) is 19.5. The average Bonchev–Trinajstić information content (AvgIpc) is 3.16. The molecule has 0 saturated heterocycles. The van der Waals surface area contributed by atoms with E-state index < -0.39 is 0 Å². The molecule has 0 bridgehead atoms. The first-order valence-corrected chi connectivity index (χ1v) is 8.86. The summed E-state index contributed by atoms with van der Waals surface area (Å²) >= 11 is 0. The first-order chi connectivity index (χ1) is 13.6. The molecule has 1 aromatic carbocycles. The number of anilines is 1. The number of hydrogen-bond acceptors (Lipinski definition) is 6. The van der Waals surface area contributed by atoms with E-state index in [0.29, 0.717) is 29.2 Å². The van der Waals surface area contributed by atoms with Gasteiger partial charge in [-0.3, -0.25) is 4.98 Å². The highest BCUT2D eigenvalue weighted by molar-refractivity contribution is 5.67. The SMILES string of the molecule is CCc1cccc(Cn2cc(-c3cc(-c4cccc(F)c4)nc(N)n3)nn2)n1. The maximum Gasteiger partial charge on any atom is 0.221 e. The highest BCUT2D eigenvalue weighted by atomic mass is 19.1. The lowest BCUT2D eigenvalue weighted by molar-refractivity contribution is 0.628. The molecule has 7 nitrogen and oxygen atoms in total. The van der Waals surface area contributed by atoms with Gasteiger partial charge in [-0.25, -0.2) is 19.0 Å². The fourth-order valence-electron chi connectivity index (χ4n) is 2.87. The Bertz CT molecular complexity index is 1120. The van der Waals surface area contributed by atoms with Crippen molar-refractivity contribution in [2.24, 2.45) is 0 Å². The summed E-state index contributed by atoms with van der Waals surface area (Å²) in [5.74, 6) is -0.257. The van der Waals surface area contributed by atoms with Crippen molar-refractivity contribution in [3.8, 4) is 22.6 Å². The second-order valence-corrected chi connectivity index (χ2v) is 6.28. The molecular formula is C20H18FN7. The van der Waals surface area contributed by atoms with E-state index in [9.17, 15) is 4.39 Å². The van der Waals surface area contributed by atoms with E-state index in [2.05, 4.69) is 32.2 Å². The minimum absolute atomic E-state index is 0.0867. The minimum Gasteiger partial charge on any atom is -0.368 e. The summed E-state index contributed by atoms with van der Waals surface area (Å²) in [5.41, 5.74) is 10.00. The number of aryl methyl sites for hydroxylation is 1. The standard InChI is InChI=1S/C20H18FN7/c1-2-15-7-4-8-16(23-15)11-28-12-19(26-27-28)18-10-17(24-20(22)25-18)13-5-3-6-14(21)9-13/h3-10,12H,2,11H2,1H3,(H2,22,24,25). The van der Waals surface area contributed by atoms with Gasteiger partial charge in [0, 0.05) is 11.3 Å². The maximum absolute atomic E-state index is 13.5. The van der Waals surface area contributed by atoms with Crippen LogP contribution < -0.4 is 5.73 Å². The van der Waals surface area contributed by atoms with Gasteiger partial charge in [0.2, 0.25) is 5.95 Å². The number of pyridine rings is 1. The van der Waals surface area contributed by atoms with Crippen LogP contribution >= 0.6 is 0 Å². The molecular weight excluding hydrogens is 357 g/mol. The number of halogens is 1. The summed E-state index contributed by atoms with van der Waals surface area (Å²) in [6, 6.07) is 13.8. The second-order valence-electron chi connectivity index (χ2n) is 6.28. The van der Waals surface area contributed by atoms with Crippen LogP contribution in [0.4, 0.5) is 10.3 Å². The molecule has 0 fully saturated rings. The number of hydrogen-bond donors (Lipinski definition) is 1. The number of nitrogens with zero attached hydrogens (tertiary/aromatic N) is 6. The Kier molecular flexibility index (Phi) is 4.76. The van der Waals surface area contributed by atoms with Gasteiger partial charge < -0.3 is 5.73 Å². The second kappa shape index (κ2) is 7.51. The van der Waals surface area contributed by atoms with Crippen LogP contribution in [0.2, 0.25) is 0 Å². The van der Waals surface area contributed by atoms with Crippen molar-refractivity contribution in [3.63, 3.8) is 0 Å². The Hall–Kier alpha value is -3.68. The van der Waals surface area contributed by atoms with Crippen LogP contribution in [0.3, 0.4) is 0 Å². The molecule has 0 aliphatic heterocycles. The third kappa shape index (κ3) is 3.85. The molecule has 3 heterocycles. The molecule has 4 aromatic rings. The molecule has 2 N–H and O–H groups in total. The molecule has 0 aliphatic carbocycles. The third-order valence-corrected chi connectivity index (χ3v) is 4.22. The molecule has 8 heteroatoms. The number of benzene rings is 1. The average molecular weight is 375 g/mol. The lowest BCUT2D eigenvalue weighted by Crippen LogP contribution is -2.03. The fraction of sp³-hybridized carbons (Fsp3) is 0.150. The van der Waals surface area contributed by atoms with Gasteiger partial charge in [-0.2, -0.15) is 0 Å². The van der Waals surface area contributed by atoms with Gasteiger partial charge in [0.25, 0.3) is 0 Å². The van der Waals surface area contributed by atoms with Gasteiger partial charge in [-0.1, -0.05) is 30.3 Å². The van der Waals surface area contributed by atoms with Crippen molar-refractivity contribution in [1.29, 1.82) is 0 Å². The van der Waals surface area contributed by atoms with Crippen molar-refractivity contribution >= 4 is 5.95 Å². The van der Waals surface area contributed by atoms with Crippen LogP contribution in [-0.4, -0.2) is 29.9 Å². The van der Waals surface area contributed by atoms with Crippen molar-refractivity contribution in [1.82, 2.24) is 29.9 Å². The van der Waals surface area contributed by atoms with Crippen LogP contribution in [0, 0.1) is 5.82 Å². The van der Waals surface area contributed by atoms with Crippen LogP contribution in [0.5, 0.6) is 0 Å². The summed E-state index contributed by atoms with van der Waals surface area (Å²) in [6.45, 7) is 2.56. The Morgan fingerprint density at radius 1 is 0.929 bits per heavy atom. The molecule has 4 rings (SSSR count). The van der Waals surface area contributed by atoms with Gasteiger partial charge in [0.1, 0.15) is 11.5 Å². The Labute approximate surface area is 161 Å². The summed E-state index contributed by atoms with van der Waals surface area (Å²) in [4.78, 5) is 13.0. The Morgan fingerprint density at radius 3 is 2.54 bits per heavy atom. The van der Waals surface area contributed by atoms with Crippen molar-refractivity contribution in [3.05, 3.63) is 71.9 Å². The molecule has 0 saturated carbocycles. The largest absolute Gasteiger partial charge is 0.368 e. The number of rotatable bonds is 5. The molecule has 0 radical (unpaired) electrons. The zero-order valence-electron chi connectivity index (χ0n) is 15.2. The van der Waals surface area contributed by atoms with Crippen molar-refractivity contribution < 1.29 is 4.39 Å². The number of aromatic nitrogens is 6. The van der Waals surface area contributed by atoms with E-state index in [1.165, 1.54) is 12.1 Å². The molecule has 0 spiro atoms. The summed E-state index contributed by atoms with van der Waals surface area (Å²) in [6.07, 6.45) is 2.65. The normalized spacial score (nSPS) is 10.9. The first kappa shape index (κ1) is 17.7. The lowest BCUT2D eigenvalue weighted by Gasteiger charge is -2.04. The minimum atomic E-state index is -0.344. The van der Waals surface area contributed by atoms with Crippen LogP contribution in [-0.2, 0) is 13.0 Å². The molecule has 140 valence electrons. The van der Waals surface area contributed by atoms with Crippen molar-refractivity contribution in [2.75, 3.05) is 5.73 Å². The van der Waals surface area contributed by atoms with Crippen molar-refractivity contribution in [2.45, 2.75) is 19.9 Å². The van der Waals surface area contributed by atoms with E-state index in [1.807, 2.05) is 18.2 Å². The van der Waals surface area contributed by atoms with E-state index in [1.54, 1.807) is 29.1 Å². The van der Waals surface area contributed by atoms with Crippen LogP contribution in [0.15, 0.2) is 54.7 Å². The maximum atomic E-state index is 13.5. The summed E-state index contributed by atoms with van der Waals surface area (Å²) < 4.78 is 15.2. The smallest absolute Gasteiger partial charge is 0.221 e. The van der Waals surface area contributed by atoms with Crippen LogP contribution in [0.1, 0.15) is 18.3 Å². The molecule has 28 heavy (non-hydrogen) atoms. The Balaban J connectivity index is 1.63. The topological polar surface area (TPSA) is 95.4 Å². The van der Waals surface area contributed by atoms with Gasteiger partial charge in [-0.15, -0.1) is 5.10 Å². The van der Waals surface area contributed by atoms with E-state index in [4.69, 9.17) is 5.73 Å². The van der Waals surface area contributed by atoms with Gasteiger partial charge >= 0.3 is 0 Å². The van der Waals surface area contributed by atoms with Crippen LogP contribution in [0.25, 0.3) is 22.6 Å². The highest BCUT2D eigenvalue weighted by Crippen LogP contribution is 2.23. The summed E-state index contributed by atoms with van der Waals surface area (Å²) in [5, 5.41) is 8.34. The van der Waals surface area contributed by atoms with Gasteiger partial charge in [0.15, 0.2) is 0 Å². The monoisotopic (exact) mass is 375 g/mol. The predicted octanol–water partition coefficient (Wildman–Crippen LogP) is 3.13. The number of nitrogen functional groups attached to an aromatic ring is 1. The molecule has 0 unspecified atom stereocenters. The van der Waals surface area contributed by atoms with E-state index in [-0.39, 0.29) is 11.8 Å². The molecule has 0 atom stereocenters. The first-order valence-electron chi connectivity index (χ1n) is 8.86. The quantitative estimate of drug-likeness (QED) is 0.576. The van der Waals surface area contributed by atoms with E-state index >= 15 is 0 Å².